The summed E-state index contributed by atoms with van der Waals surface area (Å²) in [6.07, 6.45) is 8.68. The number of carbonyl (C=O) groups is 1. The number of benzene rings is 2. The first kappa shape index (κ1) is 22.2. The number of hydrogen-bond acceptors (Lipinski definition) is 5. The van der Waals surface area contributed by atoms with Crippen molar-refractivity contribution in [3.63, 3.8) is 0 Å². The topological polar surface area (TPSA) is 48.5 Å². The second-order valence-electron chi connectivity index (χ2n) is 9.00. The zero-order chi connectivity index (χ0) is 22.5. The van der Waals surface area contributed by atoms with Gasteiger partial charge in [-0.15, -0.1) is 11.8 Å². The molecule has 0 unspecified atom stereocenters. The molecule has 1 aliphatic carbocycles. The number of fused-ring (bicyclic) bond motifs is 1. The largest absolute Gasteiger partial charge is 0.367 e. The number of amides is 1. The van der Waals surface area contributed by atoms with E-state index in [1.54, 1.807) is 6.20 Å². The standard InChI is InChI=1S/C27H32N4OS/c32-26(20-33-25-14-6-8-21-9-7-15-28-27(21)25)29-23-12-4-5-13-24(23)31-18-16-30(17-19-31)22-10-2-1-3-11-22/h4-9,12-15,22H,1-3,10-11,16-20H2,(H,29,32). The maximum atomic E-state index is 12.8. The highest BCUT2D eigenvalue weighted by Crippen LogP contribution is 2.30. The van der Waals surface area contributed by atoms with Gasteiger partial charge in [-0.3, -0.25) is 14.7 Å². The van der Waals surface area contributed by atoms with Gasteiger partial charge in [-0.05, 0) is 37.1 Å². The number of anilines is 2. The number of aromatic nitrogens is 1. The lowest BCUT2D eigenvalue weighted by Gasteiger charge is -2.42. The van der Waals surface area contributed by atoms with E-state index in [-0.39, 0.29) is 5.91 Å². The van der Waals surface area contributed by atoms with Gasteiger partial charge in [-0.1, -0.05) is 49.6 Å². The molecule has 5 rings (SSSR count). The number of carbonyl (C=O) groups excluding carboxylic acids is 1. The molecular weight excluding hydrogens is 428 g/mol. The molecule has 1 aliphatic heterocycles. The molecule has 0 radical (unpaired) electrons. The van der Waals surface area contributed by atoms with Crippen molar-refractivity contribution in [3.05, 3.63) is 60.8 Å². The van der Waals surface area contributed by atoms with Crippen LogP contribution in [0.4, 0.5) is 11.4 Å². The first-order valence-corrected chi connectivity index (χ1v) is 13.1. The molecular formula is C27H32N4OS. The molecule has 0 bridgehead atoms. The van der Waals surface area contributed by atoms with Gasteiger partial charge in [-0.2, -0.15) is 0 Å². The average Bonchev–Trinajstić information content (AvgIpc) is 2.88. The third kappa shape index (κ3) is 5.33. The van der Waals surface area contributed by atoms with Crippen molar-refractivity contribution < 1.29 is 4.79 Å². The molecule has 0 atom stereocenters. The summed E-state index contributed by atoms with van der Waals surface area (Å²) in [7, 11) is 0. The lowest BCUT2D eigenvalue weighted by Crippen LogP contribution is -2.51. The molecule has 2 fully saturated rings. The molecule has 33 heavy (non-hydrogen) atoms. The fourth-order valence-electron chi connectivity index (χ4n) is 5.15. The summed E-state index contributed by atoms with van der Waals surface area (Å²) >= 11 is 1.54. The van der Waals surface area contributed by atoms with Crippen molar-refractivity contribution in [1.82, 2.24) is 9.88 Å². The van der Waals surface area contributed by atoms with E-state index >= 15 is 0 Å². The Kier molecular flexibility index (Phi) is 7.12. The minimum atomic E-state index is 0.0150. The fraction of sp³-hybridized carbons (Fsp3) is 0.407. The second-order valence-corrected chi connectivity index (χ2v) is 10.0. The molecule has 1 aromatic heterocycles. The number of para-hydroxylation sites is 3. The van der Waals surface area contributed by atoms with E-state index in [1.165, 1.54) is 43.9 Å². The quantitative estimate of drug-likeness (QED) is 0.498. The van der Waals surface area contributed by atoms with Gasteiger partial charge < -0.3 is 10.2 Å². The number of nitrogens with one attached hydrogen (secondary N) is 1. The lowest BCUT2D eigenvalue weighted by molar-refractivity contribution is -0.113. The summed E-state index contributed by atoms with van der Waals surface area (Å²) in [5, 5.41) is 4.26. The monoisotopic (exact) mass is 460 g/mol. The van der Waals surface area contributed by atoms with E-state index in [1.807, 2.05) is 30.3 Å². The van der Waals surface area contributed by atoms with Crippen LogP contribution in [0.1, 0.15) is 32.1 Å². The summed E-state index contributed by atoms with van der Waals surface area (Å²) in [5.41, 5.74) is 2.99. The predicted octanol–water partition coefficient (Wildman–Crippen LogP) is 5.42. The SMILES string of the molecule is O=C(CSc1cccc2cccnc12)Nc1ccccc1N1CCN(C2CCCCC2)CC1. The van der Waals surface area contributed by atoms with Crippen LogP contribution in [0.3, 0.4) is 0 Å². The van der Waals surface area contributed by atoms with Crippen molar-refractivity contribution in [2.45, 2.75) is 43.0 Å². The van der Waals surface area contributed by atoms with Crippen molar-refractivity contribution in [3.8, 4) is 0 Å². The van der Waals surface area contributed by atoms with Crippen LogP contribution in [0.5, 0.6) is 0 Å². The summed E-state index contributed by atoms with van der Waals surface area (Å²) in [6, 6.07) is 19.1. The zero-order valence-corrected chi connectivity index (χ0v) is 19.9. The molecule has 2 aliphatic rings. The summed E-state index contributed by atoms with van der Waals surface area (Å²) in [4.78, 5) is 23.5. The highest BCUT2D eigenvalue weighted by atomic mass is 32.2. The van der Waals surface area contributed by atoms with E-state index in [9.17, 15) is 4.79 Å². The highest BCUT2D eigenvalue weighted by molar-refractivity contribution is 8.00. The first-order valence-electron chi connectivity index (χ1n) is 12.1. The summed E-state index contributed by atoms with van der Waals surface area (Å²) in [6.45, 7) is 4.24. The molecule has 2 aromatic carbocycles. The van der Waals surface area contributed by atoms with Crippen LogP contribution in [0, 0.1) is 0 Å². The Hall–Kier alpha value is -2.57. The number of piperazine rings is 1. The lowest BCUT2D eigenvalue weighted by atomic mass is 9.94. The smallest absolute Gasteiger partial charge is 0.234 e. The molecule has 6 heteroatoms. The minimum absolute atomic E-state index is 0.0150. The van der Waals surface area contributed by atoms with E-state index in [0.717, 1.165) is 59.4 Å². The maximum absolute atomic E-state index is 12.8. The van der Waals surface area contributed by atoms with Gasteiger partial charge in [0, 0.05) is 48.7 Å². The number of pyridine rings is 1. The van der Waals surface area contributed by atoms with Gasteiger partial charge in [0.25, 0.3) is 0 Å². The number of rotatable bonds is 6. The first-order chi connectivity index (χ1) is 16.3. The van der Waals surface area contributed by atoms with Crippen LogP contribution < -0.4 is 10.2 Å². The van der Waals surface area contributed by atoms with Gasteiger partial charge in [0.2, 0.25) is 5.91 Å². The Morgan fingerprint density at radius 3 is 2.58 bits per heavy atom. The van der Waals surface area contributed by atoms with E-state index in [2.05, 4.69) is 44.4 Å². The Bertz CT molecular complexity index is 1080. The van der Waals surface area contributed by atoms with E-state index in [0.29, 0.717) is 5.75 Å². The van der Waals surface area contributed by atoms with Crippen LogP contribution in [0.25, 0.3) is 10.9 Å². The molecule has 1 saturated carbocycles. The molecule has 1 N–H and O–H groups in total. The fourth-order valence-corrected chi connectivity index (χ4v) is 5.99. The van der Waals surface area contributed by atoms with Crippen LogP contribution in [0.2, 0.25) is 0 Å². The Morgan fingerprint density at radius 2 is 1.73 bits per heavy atom. The number of thioether (sulfide) groups is 1. The molecule has 0 spiro atoms. The van der Waals surface area contributed by atoms with Crippen molar-refractivity contribution in [2.24, 2.45) is 0 Å². The van der Waals surface area contributed by atoms with Gasteiger partial charge >= 0.3 is 0 Å². The van der Waals surface area contributed by atoms with E-state index < -0.39 is 0 Å². The molecule has 172 valence electrons. The maximum Gasteiger partial charge on any atom is 0.234 e. The van der Waals surface area contributed by atoms with Crippen molar-refractivity contribution in [1.29, 1.82) is 0 Å². The van der Waals surface area contributed by atoms with Crippen molar-refractivity contribution >= 4 is 39.9 Å². The van der Waals surface area contributed by atoms with Crippen LogP contribution >= 0.6 is 11.8 Å². The molecule has 1 amide bonds. The number of hydrogen-bond donors (Lipinski definition) is 1. The van der Waals surface area contributed by atoms with Crippen LogP contribution in [0.15, 0.2) is 65.7 Å². The van der Waals surface area contributed by atoms with Crippen LogP contribution in [-0.2, 0) is 4.79 Å². The molecule has 3 aromatic rings. The minimum Gasteiger partial charge on any atom is -0.367 e. The van der Waals surface area contributed by atoms with Crippen LogP contribution in [-0.4, -0.2) is 53.8 Å². The third-order valence-corrected chi connectivity index (χ3v) is 7.93. The Balaban J connectivity index is 1.20. The number of nitrogens with zero attached hydrogens (tertiary/aromatic N) is 3. The normalized spacial score (nSPS) is 17.9. The average molecular weight is 461 g/mol. The molecule has 2 heterocycles. The summed E-state index contributed by atoms with van der Waals surface area (Å²) < 4.78 is 0. The van der Waals surface area contributed by atoms with Gasteiger partial charge in [-0.25, -0.2) is 0 Å². The van der Waals surface area contributed by atoms with Gasteiger partial charge in [0.1, 0.15) is 0 Å². The molecule has 5 nitrogen and oxygen atoms in total. The van der Waals surface area contributed by atoms with Crippen molar-refractivity contribution in [2.75, 3.05) is 42.1 Å². The third-order valence-electron chi connectivity index (χ3n) is 6.88. The Morgan fingerprint density at radius 1 is 0.939 bits per heavy atom. The Labute approximate surface area is 200 Å². The summed E-state index contributed by atoms with van der Waals surface area (Å²) in [5.74, 6) is 0.376. The van der Waals surface area contributed by atoms with Gasteiger partial charge in [0.05, 0.1) is 22.6 Å². The highest BCUT2D eigenvalue weighted by Gasteiger charge is 2.26. The van der Waals surface area contributed by atoms with E-state index in [4.69, 9.17) is 0 Å². The molecule has 1 saturated heterocycles. The zero-order valence-electron chi connectivity index (χ0n) is 19.1. The predicted molar refractivity (Wildman–Crippen MR) is 138 cm³/mol. The van der Waals surface area contributed by atoms with Gasteiger partial charge in [0.15, 0.2) is 0 Å². The second kappa shape index (κ2) is 10.6.